The van der Waals surface area contributed by atoms with Gasteiger partial charge in [-0.15, -0.1) is 0 Å². The highest BCUT2D eigenvalue weighted by Gasteiger charge is 2.13. The quantitative estimate of drug-likeness (QED) is 0.616. The molecule has 0 saturated carbocycles. The van der Waals surface area contributed by atoms with E-state index >= 15 is 0 Å². The van der Waals surface area contributed by atoms with Gasteiger partial charge in [0.05, 0.1) is 4.90 Å². The molecule has 0 aliphatic carbocycles. The molecule has 21 heavy (non-hydrogen) atoms. The topological polar surface area (TPSA) is 70.7 Å². The number of benzene rings is 1. The van der Waals surface area contributed by atoms with Gasteiger partial charge in [-0.3, -0.25) is 0 Å². The first kappa shape index (κ1) is 17.9. The van der Waals surface area contributed by atoms with E-state index in [1.54, 1.807) is 24.3 Å². The minimum Gasteiger partial charge on any atom is -0.492 e. The Bertz CT molecular complexity index is 503. The number of likely N-dealkylation sites (N-methyl/N-ethyl adjacent to an activating group) is 2. The molecule has 6 nitrogen and oxygen atoms in total. The van der Waals surface area contributed by atoms with Crippen molar-refractivity contribution in [2.75, 3.05) is 46.9 Å². The maximum absolute atomic E-state index is 12.1. The van der Waals surface area contributed by atoms with Gasteiger partial charge < -0.3 is 15.0 Å². The lowest BCUT2D eigenvalue weighted by Crippen LogP contribution is -2.32. The van der Waals surface area contributed by atoms with E-state index in [0.717, 1.165) is 13.1 Å². The Morgan fingerprint density at radius 2 is 1.86 bits per heavy atom. The molecule has 1 rings (SSSR count). The molecule has 2 N–H and O–H groups in total. The predicted molar refractivity (Wildman–Crippen MR) is 84.2 cm³/mol. The molecule has 1 aromatic rings. The van der Waals surface area contributed by atoms with Crippen LogP contribution < -0.4 is 14.8 Å². The number of hydrogen-bond donors (Lipinski definition) is 2. The summed E-state index contributed by atoms with van der Waals surface area (Å²) in [5.74, 6) is 0.662. The van der Waals surface area contributed by atoms with Crippen LogP contribution >= 0.6 is 0 Å². The molecule has 0 atom stereocenters. The number of sulfonamides is 1. The van der Waals surface area contributed by atoms with E-state index in [0.29, 0.717) is 25.4 Å². The van der Waals surface area contributed by atoms with Crippen molar-refractivity contribution in [3.8, 4) is 5.75 Å². The van der Waals surface area contributed by atoms with E-state index in [2.05, 4.69) is 10.0 Å². The molecule has 120 valence electrons. The summed E-state index contributed by atoms with van der Waals surface area (Å²) < 4.78 is 32.2. The van der Waals surface area contributed by atoms with Crippen LogP contribution in [0, 0.1) is 0 Å². The third-order valence-electron chi connectivity index (χ3n) is 3.08. The van der Waals surface area contributed by atoms with E-state index in [1.807, 2.05) is 25.9 Å². The van der Waals surface area contributed by atoms with Crippen molar-refractivity contribution < 1.29 is 13.2 Å². The van der Waals surface area contributed by atoms with Gasteiger partial charge in [0.1, 0.15) is 12.4 Å². The smallest absolute Gasteiger partial charge is 0.240 e. The van der Waals surface area contributed by atoms with Crippen molar-refractivity contribution in [3.05, 3.63) is 24.3 Å². The molecule has 0 aliphatic rings. The van der Waals surface area contributed by atoms with E-state index < -0.39 is 10.0 Å². The van der Waals surface area contributed by atoms with Gasteiger partial charge in [0.25, 0.3) is 0 Å². The van der Waals surface area contributed by atoms with Gasteiger partial charge >= 0.3 is 0 Å². The molecule has 0 aliphatic heterocycles. The van der Waals surface area contributed by atoms with Gasteiger partial charge in [0.15, 0.2) is 0 Å². The summed E-state index contributed by atoms with van der Waals surface area (Å²) >= 11 is 0. The molecule has 0 heterocycles. The first-order valence-electron chi connectivity index (χ1n) is 7.05. The molecule has 7 heteroatoms. The van der Waals surface area contributed by atoms with Crippen LogP contribution in [0.15, 0.2) is 29.2 Å². The molecule has 1 aromatic carbocycles. The molecule has 0 radical (unpaired) electrons. The molecule has 0 aromatic heterocycles. The second kappa shape index (κ2) is 8.99. The Kier molecular flexibility index (Phi) is 7.66. The van der Waals surface area contributed by atoms with Crippen LogP contribution in [0.1, 0.15) is 6.92 Å². The lowest BCUT2D eigenvalue weighted by atomic mass is 10.3. The highest BCUT2D eigenvalue weighted by Crippen LogP contribution is 2.15. The molecule has 0 spiro atoms. The monoisotopic (exact) mass is 315 g/mol. The molecule has 0 fully saturated rings. The zero-order valence-corrected chi connectivity index (χ0v) is 13.7. The largest absolute Gasteiger partial charge is 0.492 e. The van der Waals surface area contributed by atoms with E-state index in [-0.39, 0.29) is 4.90 Å². The lowest BCUT2D eigenvalue weighted by Gasteiger charge is -2.14. The molecule has 0 saturated heterocycles. The summed E-state index contributed by atoms with van der Waals surface area (Å²) in [6.45, 7) is 5.28. The number of hydrogen-bond acceptors (Lipinski definition) is 5. The third kappa shape index (κ3) is 6.43. The number of nitrogens with one attached hydrogen (secondary N) is 2. The first-order valence-corrected chi connectivity index (χ1v) is 8.53. The number of ether oxygens (including phenoxy) is 1. The highest BCUT2D eigenvalue weighted by molar-refractivity contribution is 7.89. The summed E-state index contributed by atoms with van der Waals surface area (Å²) in [6, 6.07) is 6.45. The van der Waals surface area contributed by atoms with Gasteiger partial charge in [-0.25, -0.2) is 13.1 Å². The van der Waals surface area contributed by atoms with Gasteiger partial charge in [0, 0.05) is 19.6 Å². The number of rotatable bonds is 10. The van der Waals surface area contributed by atoms with E-state index in [4.69, 9.17) is 4.74 Å². The average molecular weight is 315 g/mol. The van der Waals surface area contributed by atoms with Crippen molar-refractivity contribution in [1.29, 1.82) is 0 Å². The van der Waals surface area contributed by atoms with Gasteiger partial charge in [0.2, 0.25) is 10.0 Å². The van der Waals surface area contributed by atoms with Crippen molar-refractivity contribution in [3.63, 3.8) is 0 Å². The van der Waals surface area contributed by atoms with Gasteiger partial charge in [-0.2, -0.15) is 0 Å². The molecular formula is C14H25N3O3S. The highest BCUT2D eigenvalue weighted by atomic mass is 32.2. The predicted octanol–water partition coefficient (Wildman–Crippen LogP) is 0.515. The fourth-order valence-electron chi connectivity index (χ4n) is 1.60. The zero-order chi connectivity index (χ0) is 15.7. The Morgan fingerprint density at radius 1 is 1.19 bits per heavy atom. The standard InChI is InChI=1S/C14H25N3O3S/c1-4-17(3)11-9-16-21(18,19)14-7-5-13(6-8-14)20-12-10-15-2/h5-8,15-16H,4,9-12H2,1-3H3. The van der Waals surface area contributed by atoms with E-state index in [1.165, 1.54) is 0 Å². The Balaban J connectivity index is 2.54. The van der Waals surface area contributed by atoms with Crippen molar-refractivity contribution in [2.24, 2.45) is 0 Å². The summed E-state index contributed by atoms with van der Waals surface area (Å²) in [4.78, 5) is 2.30. The first-order chi connectivity index (χ1) is 9.99. The van der Waals surface area contributed by atoms with Crippen LogP contribution in [0.4, 0.5) is 0 Å². The van der Waals surface area contributed by atoms with Crippen molar-refractivity contribution in [1.82, 2.24) is 14.9 Å². The second-order valence-electron chi connectivity index (χ2n) is 4.72. The Morgan fingerprint density at radius 3 is 2.43 bits per heavy atom. The van der Waals surface area contributed by atoms with Crippen LogP contribution in [-0.4, -0.2) is 60.2 Å². The van der Waals surface area contributed by atoms with Crippen LogP contribution in [0.25, 0.3) is 0 Å². The SMILES string of the molecule is CCN(C)CCNS(=O)(=O)c1ccc(OCCNC)cc1. The third-order valence-corrected chi connectivity index (χ3v) is 4.56. The van der Waals surface area contributed by atoms with Crippen molar-refractivity contribution in [2.45, 2.75) is 11.8 Å². The van der Waals surface area contributed by atoms with Crippen molar-refractivity contribution >= 4 is 10.0 Å². The van der Waals surface area contributed by atoms with Crippen LogP contribution in [0.5, 0.6) is 5.75 Å². The van der Waals surface area contributed by atoms with Gasteiger partial charge in [-0.05, 0) is 44.9 Å². The Hall–Kier alpha value is -1.15. The van der Waals surface area contributed by atoms with E-state index in [9.17, 15) is 8.42 Å². The summed E-state index contributed by atoms with van der Waals surface area (Å²) in [6.07, 6.45) is 0. The second-order valence-corrected chi connectivity index (χ2v) is 6.48. The maximum atomic E-state index is 12.1. The molecule has 0 amide bonds. The Labute approximate surface area is 127 Å². The summed E-state index contributed by atoms with van der Waals surface area (Å²) in [7, 11) is 0.347. The van der Waals surface area contributed by atoms with Crippen LogP contribution in [0.3, 0.4) is 0 Å². The molecule has 0 bridgehead atoms. The molecular weight excluding hydrogens is 290 g/mol. The maximum Gasteiger partial charge on any atom is 0.240 e. The summed E-state index contributed by atoms with van der Waals surface area (Å²) in [5.41, 5.74) is 0. The minimum atomic E-state index is -3.45. The van der Waals surface area contributed by atoms with Crippen LogP contribution in [-0.2, 0) is 10.0 Å². The molecule has 0 unspecified atom stereocenters. The summed E-state index contributed by atoms with van der Waals surface area (Å²) in [5, 5.41) is 2.98. The normalized spacial score (nSPS) is 11.8. The lowest BCUT2D eigenvalue weighted by molar-refractivity contribution is 0.318. The fraction of sp³-hybridized carbons (Fsp3) is 0.571. The minimum absolute atomic E-state index is 0.252. The van der Waals surface area contributed by atoms with Crippen LogP contribution in [0.2, 0.25) is 0 Å². The fourth-order valence-corrected chi connectivity index (χ4v) is 2.62. The number of nitrogens with zero attached hydrogens (tertiary/aromatic N) is 1. The zero-order valence-electron chi connectivity index (χ0n) is 12.9. The average Bonchev–Trinajstić information content (AvgIpc) is 2.47. The van der Waals surface area contributed by atoms with Gasteiger partial charge in [-0.1, -0.05) is 6.92 Å².